The third kappa shape index (κ3) is 4.10. The van der Waals surface area contributed by atoms with Gasteiger partial charge in [-0.25, -0.2) is 0 Å². The van der Waals surface area contributed by atoms with E-state index < -0.39 is 17.9 Å². The molecule has 2 aromatic carbocycles. The van der Waals surface area contributed by atoms with Gasteiger partial charge in [0.25, 0.3) is 5.91 Å². The molecular weight excluding hydrogens is 402 g/mol. The average Bonchev–Trinajstić information content (AvgIpc) is 2.73. The summed E-state index contributed by atoms with van der Waals surface area (Å²) in [5, 5.41) is 20.2. The lowest BCUT2D eigenvalue weighted by Crippen LogP contribution is -2.42. The van der Waals surface area contributed by atoms with Crippen molar-refractivity contribution in [2.24, 2.45) is 0 Å². The molecule has 8 nitrogen and oxygen atoms in total. The molecule has 0 spiro atoms. The van der Waals surface area contributed by atoms with Crippen LogP contribution in [0.5, 0.6) is 23.0 Å². The van der Waals surface area contributed by atoms with Crippen molar-refractivity contribution in [3.8, 4) is 23.0 Å². The molecule has 0 radical (unpaired) electrons. The van der Waals surface area contributed by atoms with E-state index in [4.69, 9.17) is 14.2 Å². The highest BCUT2D eigenvalue weighted by molar-refractivity contribution is 6.01. The van der Waals surface area contributed by atoms with Crippen LogP contribution >= 0.6 is 0 Å². The zero-order valence-corrected chi connectivity index (χ0v) is 18.0. The molecule has 0 bridgehead atoms. The Balaban J connectivity index is 2.19. The van der Waals surface area contributed by atoms with Gasteiger partial charge in [-0.1, -0.05) is 6.07 Å². The molecule has 8 heteroatoms. The zero-order valence-electron chi connectivity index (χ0n) is 18.0. The van der Waals surface area contributed by atoms with Crippen molar-refractivity contribution in [2.45, 2.75) is 32.7 Å². The molecule has 0 fully saturated rings. The van der Waals surface area contributed by atoms with Crippen LogP contribution < -0.4 is 14.2 Å². The molecule has 1 heterocycles. The van der Waals surface area contributed by atoms with E-state index in [1.165, 1.54) is 11.0 Å². The first kappa shape index (κ1) is 22.3. The Morgan fingerprint density at radius 3 is 2.13 bits per heavy atom. The predicted octanol–water partition coefficient (Wildman–Crippen LogP) is 3.58. The number of hydrogen-bond acceptors (Lipinski definition) is 6. The van der Waals surface area contributed by atoms with E-state index in [-0.39, 0.29) is 23.0 Å². The molecule has 31 heavy (non-hydrogen) atoms. The van der Waals surface area contributed by atoms with Crippen LogP contribution in [0.25, 0.3) is 0 Å². The van der Waals surface area contributed by atoms with Crippen molar-refractivity contribution in [1.29, 1.82) is 0 Å². The number of amides is 1. The van der Waals surface area contributed by atoms with Gasteiger partial charge < -0.3 is 29.3 Å². The van der Waals surface area contributed by atoms with Gasteiger partial charge in [0.15, 0.2) is 23.0 Å². The van der Waals surface area contributed by atoms with Crippen LogP contribution in [0.1, 0.15) is 54.2 Å². The fraction of sp³-hybridized carbons (Fsp3) is 0.391. The number of likely N-dealkylation sites (N-methyl/N-ethyl adjacent to an activating group) is 1. The average molecular weight is 429 g/mol. The molecular formula is C23H27NO7. The lowest BCUT2D eigenvalue weighted by atomic mass is 9.79. The second-order valence-electron chi connectivity index (χ2n) is 7.09. The Kier molecular flexibility index (Phi) is 6.58. The maximum Gasteiger partial charge on any atom is 0.313 e. The van der Waals surface area contributed by atoms with Crippen LogP contribution in [-0.2, 0) is 4.79 Å². The fourth-order valence-electron chi connectivity index (χ4n) is 3.93. The number of ether oxygens (including phenoxy) is 3. The van der Waals surface area contributed by atoms with Gasteiger partial charge in [-0.2, -0.15) is 0 Å². The highest BCUT2D eigenvalue weighted by Gasteiger charge is 2.44. The van der Waals surface area contributed by atoms with Crippen molar-refractivity contribution in [3.05, 3.63) is 47.0 Å². The Morgan fingerprint density at radius 1 is 0.968 bits per heavy atom. The topological polar surface area (TPSA) is 106 Å². The summed E-state index contributed by atoms with van der Waals surface area (Å²) >= 11 is 0. The molecule has 0 aliphatic carbocycles. The largest absolute Gasteiger partial charge is 0.504 e. The summed E-state index contributed by atoms with van der Waals surface area (Å²) in [6.07, 6.45) is 0. The molecule has 2 aromatic rings. The minimum absolute atomic E-state index is 0.0531. The van der Waals surface area contributed by atoms with E-state index in [0.29, 0.717) is 42.4 Å². The van der Waals surface area contributed by atoms with Gasteiger partial charge in [0, 0.05) is 12.6 Å². The summed E-state index contributed by atoms with van der Waals surface area (Å²) in [7, 11) is 1.57. The Hall–Kier alpha value is -3.42. The molecule has 1 amide bonds. The number of rotatable bonds is 8. The van der Waals surface area contributed by atoms with E-state index in [0.717, 1.165) is 0 Å². The molecule has 3 rings (SSSR count). The van der Waals surface area contributed by atoms with Crippen LogP contribution in [0.2, 0.25) is 0 Å². The van der Waals surface area contributed by atoms with Gasteiger partial charge in [0.1, 0.15) is 5.92 Å². The summed E-state index contributed by atoms with van der Waals surface area (Å²) in [6.45, 7) is 6.49. The quantitative estimate of drug-likeness (QED) is 0.661. The highest BCUT2D eigenvalue weighted by atomic mass is 16.5. The second-order valence-corrected chi connectivity index (χ2v) is 7.09. The minimum Gasteiger partial charge on any atom is -0.504 e. The molecule has 0 unspecified atom stereocenters. The number of carboxylic acid groups (broad SMARTS) is 1. The van der Waals surface area contributed by atoms with Crippen molar-refractivity contribution in [1.82, 2.24) is 4.90 Å². The normalized spacial score (nSPS) is 17.8. The number of phenolic OH excluding ortho intramolecular Hbond substituents is 1. The van der Waals surface area contributed by atoms with Gasteiger partial charge in [-0.05, 0) is 56.2 Å². The minimum atomic E-state index is -1.08. The Morgan fingerprint density at radius 2 is 1.55 bits per heavy atom. The van der Waals surface area contributed by atoms with E-state index in [1.807, 2.05) is 13.8 Å². The number of phenols is 1. The van der Waals surface area contributed by atoms with Crippen LogP contribution in [0.4, 0.5) is 0 Å². The standard InChI is InChI=1S/C23H27NO7/c1-5-29-17-10-13(8-9-16(17)25)21-20(23(27)28)14-11-18(30-6-2)19(31-7-3)12-15(14)22(26)24(21)4/h8-12,20-21,25H,5-7H2,1-4H3,(H,27,28)/t20-,21-/m0/s1. The van der Waals surface area contributed by atoms with Crippen molar-refractivity contribution in [2.75, 3.05) is 26.9 Å². The number of benzene rings is 2. The van der Waals surface area contributed by atoms with Gasteiger partial charge in [-0.3, -0.25) is 9.59 Å². The fourth-order valence-corrected chi connectivity index (χ4v) is 3.93. The third-order valence-electron chi connectivity index (χ3n) is 5.23. The molecule has 2 atom stereocenters. The second kappa shape index (κ2) is 9.16. The number of carboxylic acids is 1. The molecule has 0 saturated heterocycles. The maximum atomic E-state index is 13.2. The molecule has 1 aliphatic rings. The van der Waals surface area contributed by atoms with Gasteiger partial charge in [0.2, 0.25) is 0 Å². The molecule has 166 valence electrons. The van der Waals surface area contributed by atoms with E-state index in [1.54, 1.807) is 38.2 Å². The van der Waals surface area contributed by atoms with Crippen LogP contribution in [0.15, 0.2) is 30.3 Å². The van der Waals surface area contributed by atoms with Crippen molar-refractivity contribution in [3.63, 3.8) is 0 Å². The van der Waals surface area contributed by atoms with Gasteiger partial charge >= 0.3 is 5.97 Å². The molecule has 2 N–H and O–H groups in total. The first-order valence-corrected chi connectivity index (χ1v) is 10.2. The lowest BCUT2D eigenvalue weighted by Gasteiger charge is -2.39. The number of aromatic hydroxyl groups is 1. The van der Waals surface area contributed by atoms with Crippen LogP contribution in [-0.4, -0.2) is 53.9 Å². The number of carbonyl (C=O) groups excluding carboxylic acids is 1. The number of aliphatic carboxylic acids is 1. The zero-order chi connectivity index (χ0) is 22.7. The third-order valence-corrected chi connectivity index (χ3v) is 5.23. The summed E-state index contributed by atoms with van der Waals surface area (Å²) in [5.41, 5.74) is 1.17. The van der Waals surface area contributed by atoms with Crippen molar-refractivity contribution >= 4 is 11.9 Å². The summed E-state index contributed by atoms with van der Waals surface area (Å²) < 4.78 is 16.7. The van der Waals surface area contributed by atoms with Gasteiger partial charge in [0.05, 0.1) is 25.9 Å². The van der Waals surface area contributed by atoms with E-state index in [2.05, 4.69) is 0 Å². The number of hydrogen-bond donors (Lipinski definition) is 2. The highest BCUT2D eigenvalue weighted by Crippen LogP contribution is 2.46. The monoisotopic (exact) mass is 429 g/mol. The summed E-state index contributed by atoms with van der Waals surface area (Å²) in [5.74, 6) is -1.48. The lowest BCUT2D eigenvalue weighted by molar-refractivity contribution is -0.140. The smallest absolute Gasteiger partial charge is 0.313 e. The van der Waals surface area contributed by atoms with Crippen LogP contribution in [0, 0.1) is 0 Å². The molecule has 0 aromatic heterocycles. The first-order valence-electron chi connectivity index (χ1n) is 10.2. The number of nitrogens with zero attached hydrogens (tertiary/aromatic N) is 1. The summed E-state index contributed by atoms with van der Waals surface area (Å²) in [6, 6.07) is 6.96. The Labute approximate surface area is 181 Å². The van der Waals surface area contributed by atoms with E-state index >= 15 is 0 Å². The number of carbonyl (C=O) groups is 2. The predicted molar refractivity (Wildman–Crippen MR) is 113 cm³/mol. The van der Waals surface area contributed by atoms with Crippen molar-refractivity contribution < 1.29 is 34.0 Å². The first-order chi connectivity index (χ1) is 14.8. The Bertz CT molecular complexity index is 988. The van der Waals surface area contributed by atoms with Gasteiger partial charge in [-0.15, -0.1) is 0 Å². The molecule has 1 aliphatic heterocycles. The SMILES string of the molecule is CCOc1cc([C@H]2[C@@H](C(=O)O)c3cc(OCC)c(OCC)cc3C(=O)N2C)ccc1O. The maximum absolute atomic E-state index is 13.2. The molecule has 0 saturated carbocycles. The number of fused-ring (bicyclic) bond motifs is 1. The van der Waals surface area contributed by atoms with Crippen LogP contribution in [0.3, 0.4) is 0 Å². The van der Waals surface area contributed by atoms with E-state index in [9.17, 15) is 19.8 Å². The summed E-state index contributed by atoms with van der Waals surface area (Å²) in [4.78, 5) is 27.0.